The monoisotopic (exact) mass is 361 g/mol. The van der Waals surface area contributed by atoms with Crippen molar-refractivity contribution in [1.82, 2.24) is 14.8 Å². The minimum absolute atomic E-state index is 0.0636. The van der Waals surface area contributed by atoms with Crippen molar-refractivity contribution in [3.8, 4) is 0 Å². The average Bonchev–Trinajstić information content (AvgIpc) is 3.09. The van der Waals surface area contributed by atoms with Crippen molar-refractivity contribution < 1.29 is 14.4 Å². The first kappa shape index (κ1) is 15.6. The van der Waals surface area contributed by atoms with Gasteiger partial charge in [0.15, 0.2) is 0 Å². The van der Waals surface area contributed by atoms with E-state index in [0.717, 1.165) is 33.4 Å². The van der Waals surface area contributed by atoms with Gasteiger partial charge < -0.3 is 4.90 Å². The summed E-state index contributed by atoms with van der Waals surface area (Å²) in [5.41, 5.74) is 1.54. The van der Waals surface area contributed by atoms with E-state index in [0.29, 0.717) is 18.7 Å². The maximum absolute atomic E-state index is 12.6. The Hall–Kier alpha value is -1.93. The highest BCUT2D eigenvalue weighted by molar-refractivity contribution is 8.14. The van der Waals surface area contributed by atoms with Gasteiger partial charge >= 0.3 is 0 Å². The second-order valence-electron chi connectivity index (χ2n) is 5.83. The zero-order valence-electron chi connectivity index (χ0n) is 13.0. The molecule has 0 atom stereocenters. The fourth-order valence-corrected chi connectivity index (χ4v) is 4.66. The predicted octanol–water partition coefficient (Wildman–Crippen LogP) is 2.38. The number of hydrogen-bond acceptors (Lipinski definition) is 6. The number of imide groups is 1. The van der Waals surface area contributed by atoms with E-state index in [2.05, 4.69) is 11.9 Å². The highest BCUT2D eigenvalue weighted by Crippen LogP contribution is 2.28. The van der Waals surface area contributed by atoms with Crippen molar-refractivity contribution in [1.29, 1.82) is 0 Å². The molecule has 8 heteroatoms. The number of aromatic nitrogens is 1. The SMILES string of the molecule is CCc1nc2ccc(C(=O)N3CC(N4C(=O)CSC4=O)C3)cc2s1. The summed E-state index contributed by atoms with van der Waals surface area (Å²) in [7, 11) is 0. The van der Waals surface area contributed by atoms with Gasteiger partial charge in [0, 0.05) is 18.7 Å². The van der Waals surface area contributed by atoms with Crippen molar-refractivity contribution in [3.05, 3.63) is 28.8 Å². The Balaban J connectivity index is 1.47. The van der Waals surface area contributed by atoms with Gasteiger partial charge in [0.25, 0.3) is 11.1 Å². The van der Waals surface area contributed by atoms with Crippen LogP contribution in [-0.2, 0) is 11.2 Å². The summed E-state index contributed by atoms with van der Waals surface area (Å²) in [5.74, 6) is -0.00271. The smallest absolute Gasteiger partial charge is 0.289 e. The molecule has 2 aliphatic heterocycles. The summed E-state index contributed by atoms with van der Waals surface area (Å²) in [6, 6.07) is 5.37. The maximum atomic E-state index is 12.6. The van der Waals surface area contributed by atoms with Crippen molar-refractivity contribution in [2.24, 2.45) is 0 Å². The number of aryl methyl sites for hydroxylation is 1. The highest BCUT2D eigenvalue weighted by Gasteiger charge is 2.43. The maximum Gasteiger partial charge on any atom is 0.289 e. The van der Waals surface area contributed by atoms with E-state index in [1.807, 2.05) is 12.1 Å². The lowest BCUT2D eigenvalue weighted by molar-refractivity contribution is -0.128. The molecule has 1 aromatic carbocycles. The number of fused-ring (bicyclic) bond motifs is 1. The van der Waals surface area contributed by atoms with Crippen LogP contribution in [0.3, 0.4) is 0 Å². The Morgan fingerprint density at radius 2 is 2.12 bits per heavy atom. The van der Waals surface area contributed by atoms with Gasteiger partial charge in [-0.05, 0) is 24.6 Å². The van der Waals surface area contributed by atoms with Gasteiger partial charge in [-0.15, -0.1) is 11.3 Å². The van der Waals surface area contributed by atoms with Crippen molar-refractivity contribution in [3.63, 3.8) is 0 Å². The van der Waals surface area contributed by atoms with E-state index in [4.69, 9.17) is 0 Å². The highest BCUT2D eigenvalue weighted by atomic mass is 32.2. The van der Waals surface area contributed by atoms with Crippen LogP contribution in [0.4, 0.5) is 4.79 Å². The molecule has 3 amide bonds. The molecule has 0 spiro atoms. The Labute approximate surface area is 146 Å². The van der Waals surface area contributed by atoms with E-state index < -0.39 is 0 Å². The van der Waals surface area contributed by atoms with Crippen LogP contribution < -0.4 is 0 Å². The number of hydrogen-bond donors (Lipinski definition) is 0. The molecule has 0 aliphatic carbocycles. The normalized spacial score (nSPS) is 18.5. The molecule has 0 bridgehead atoms. The van der Waals surface area contributed by atoms with Crippen LogP contribution in [0, 0.1) is 0 Å². The number of thioether (sulfide) groups is 1. The molecular weight excluding hydrogens is 346 g/mol. The van der Waals surface area contributed by atoms with Crippen LogP contribution in [0.5, 0.6) is 0 Å². The minimum atomic E-state index is -0.199. The van der Waals surface area contributed by atoms with Gasteiger partial charge in [0.05, 0.1) is 27.0 Å². The summed E-state index contributed by atoms with van der Waals surface area (Å²) in [5, 5.41) is 0.859. The third kappa shape index (κ3) is 2.50. The number of likely N-dealkylation sites (tertiary alicyclic amines) is 1. The van der Waals surface area contributed by atoms with Gasteiger partial charge in [0.2, 0.25) is 5.91 Å². The fraction of sp³-hybridized carbons (Fsp3) is 0.375. The third-order valence-corrected chi connectivity index (χ3v) is 6.28. The summed E-state index contributed by atoms with van der Waals surface area (Å²) in [6.45, 7) is 2.89. The molecule has 2 fully saturated rings. The fourth-order valence-electron chi connectivity index (χ4n) is 2.94. The number of thiazole rings is 1. The molecule has 24 heavy (non-hydrogen) atoms. The molecule has 124 valence electrons. The largest absolute Gasteiger partial charge is 0.334 e. The van der Waals surface area contributed by atoms with E-state index in [9.17, 15) is 14.4 Å². The summed E-state index contributed by atoms with van der Waals surface area (Å²) >= 11 is 2.64. The zero-order valence-corrected chi connectivity index (χ0v) is 14.7. The van der Waals surface area contributed by atoms with Crippen molar-refractivity contribution in [2.75, 3.05) is 18.8 Å². The summed E-state index contributed by atoms with van der Waals surface area (Å²) in [4.78, 5) is 43.5. The van der Waals surface area contributed by atoms with Crippen LogP contribution in [0.25, 0.3) is 10.2 Å². The van der Waals surface area contributed by atoms with Crippen molar-refractivity contribution in [2.45, 2.75) is 19.4 Å². The Morgan fingerprint density at radius 1 is 1.33 bits per heavy atom. The Bertz CT molecular complexity index is 841. The van der Waals surface area contributed by atoms with Crippen LogP contribution >= 0.6 is 23.1 Å². The molecule has 1 aromatic heterocycles. The first-order chi connectivity index (χ1) is 11.6. The quantitative estimate of drug-likeness (QED) is 0.839. The molecule has 0 radical (unpaired) electrons. The van der Waals surface area contributed by atoms with Gasteiger partial charge in [-0.25, -0.2) is 4.98 Å². The number of rotatable bonds is 3. The average molecular weight is 361 g/mol. The predicted molar refractivity (Wildman–Crippen MR) is 93.4 cm³/mol. The lowest BCUT2D eigenvalue weighted by atomic mass is 10.1. The molecule has 6 nitrogen and oxygen atoms in total. The van der Waals surface area contributed by atoms with E-state index in [1.54, 1.807) is 22.3 Å². The Kier molecular flexibility index (Phi) is 3.80. The minimum Gasteiger partial charge on any atom is -0.334 e. The van der Waals surface area contributed by atoms with E-state index in [-0.39, 0.29) is 28.8 Å². The van der Waals surface area contributed by atoms with Crippen LogP contribution in [0.15, 0.2) is 18.2 Å². The van der Waals surface area contributed by atoms with Gasteiger partial charge in [-0.2, -0.15) is 0 Å². The standard InChI is InChI=1S/C16H15N3O3S2/c1-2-13-17-11-4-3-9(5-12(11)24-13)15(21)18-6-10(7-18)19-14(20)8-23-16(19)22/h3-5,10H,2,6-8H2,1H3. The molecule has 2 aromatic rings. The molecule has 0 N–H and O–H groups in total. The zero-order chi connectivity index (χ0) is 16.8. The second kappa shape index (κ2) is 5.86. The van der Waals surface area contributed by atoms with Crippen molar-refractivity contribution >= 4 is 50.4 Å². The molecular formula is C16H15N3O3S2. The number of nitrogens with zero attached hydrogens (tertiary/aromatic N) is 3. The molecule has 4 rings (SSSR count). The number of carbonyl (C=O) groups is 3. The molecule has 0 saturated carbocycles. The second-order valence-corrected chi connectivity index (χ2v) is 7.87. The van der Waals surface area contributed by atoms with Gasteiger partial charge in [-0.1, -0.05) is 18.7 Å². The number of benzene rings is 1. The van der Waals surface area contributed by atoms with Gasteiger partial charge in [-0.3, -0.25) is 19.3 Å². The Morgan fingerprint density at radius 3 is 2.79 bits per heavy atom. The van der Waals surface area contributed by atoms with E-state index >= 15 is 0 Å². The molecule has 0 unspecified atom stereocenters. The van der Waals surface area contributed by atoms with Crippen LogP contribution in [0.2, 0.25) is 0 Å². The first-order valence-electron chi connectivity index (χ1n) is 7.74. The molecule has 2 aliphatic rings. The summed E-state index contributed by atoms with van der Waals surface area (Å²) < 4.78 is 1.01. The van der Waals surface area contributed by atoms with Crippen LogP contribution in [-0.4, -0.2) is 56.7 Å². The first-order valence-corrected chi connectivity index (χ1v) is 9.54. The van der Waals surface area contributed by atoms with Crippen LogP contribution in [0.1, 0.15) is 22.3 Å². The number of amides is 3. The number of carbonyl (C=O) groups excluding carboxylic acids is 3. The lowest BCUT2D eigenvalue weighted by Crippen LogP contribution is -2.62. The topological polar surface area (TPSA) is 70.6 Å². The summed E-state index contributed by atoms with van der Waals surface area (Å²) in [6.07, 6.45) is 0.881. The molecule has 3 heterocycles. The third-order valence-electron chi connectivity index (χ3n) is 4.28. The molecule has 2 saturated heterocycles. The van der Waals surface area contributed by atoms with Gasteiger partial charge in [0.1, 0.15) is 0 Å². The van der Waals surface area contributed by atoms with E-state index in [1.165, 1.54) is 4.90 Å². The lowest BCUT2D eigenvalue weighted by Gasteiger charge is -2.42.